The van der Waals surface area contributed by atoms with E-state index in [1.54, 1.807) is 0 Å². The molecule has 0 unspecified atom stereocenters. The average Bonchev–Trinajstić information content (AvgIpc) is 2.94. The van der Waals surface area contributed by atoms with Crippen LogP contribution in [0.1, 0.15) is 0 Å². The van der Waals surface area contributed by atoms with Crippen molar-refractivity contribution in [1.82, 2.24) is 4.98 Å². The van der Waals surface area contributed by atoms with Crippen LogP contribution in [0.25, 0.3) is 32.1 Å². The maximum Gasteiger partial charge on any atom is 0.266 e. The zero-order chi connectivity index (χ0) is 13.5. The van der Waals surface area contributed by atoms with Crippen LogP contribution >= 0.6 is 23.7 Å². The molecule has 4 heteroatoms. The van der Waals surface area contributed by atoms with Gasteiger partial charge in [0, 0.05) is 27.2 Å². The molecule has 0 spiro atoms. The molecule has 4 rings (SSSR count). The van der Waals surface area contributed by atoms with E-state index in [1.807, 2.05) is 36.4 Å². The topological polar surface area (TPSA) is 32.9 Å². The van der Waals surface area contributed by atoms with E-state index in [9.17, 15) is 4.79 Å². The summed E-state index contributed by atoms with van der Waals surface area (Å²) < 4.78 is 0.794. The summed E-state index contributed by atoms with van der Waals surface area (Å²) in [6.45, 7) is 0. The molecule has 0 aliphatic rings. The van der Waals surface area contributed by atoms with Gasteiger partial charge in [-0.1, -0.05) is 48.5 Å². The number of benzene rings is 2. The average molecular weight is 314 g/mol. The minimum Gasteiger partial charge on any atom is -0.321 e. The van der Waals surface area contributed by atoms with Crippen molar-refractivity contribution in [3.05, 3.63) is 70.3 Å². The highest BCUT2D eigenvalue weighted by Gasteiger charge is 2.12. The van der Waals surface area contributed by atoms with Crippen molar-refractivity contribution in [2.24, 2.45) is 0 Å². The quantitative estimate of drug-likeness (QED) is 0.536. The molecule has 0 saturated carbocycles. The van der Waals surface area contributed by atoms with Gasteiger partial charge in [0.05, 0.1) is 0 Å². The Labute approximate surface area is 131 Å². The first-order valence-corrected chi connectivity index (χ1v) is 7.30. The third kappa shape index (κ3) is 2.15. The van der Waals surface area contributed by atoms with Gasteiger partial charge < -0.3 is 4.98 Å². The molecule has 1 N–H and O–H groups in total. The SMILES string of the molecule is Cl.O=c1[nH]c2ccccc2c2c(-c3ccccc3)csc12. The van der Waals surface area contributed by atoms with Crippen molar-refractivity contribution in [2.75, 3.05) is 0 Å². The molecule has 0 bridgehead atoms. The number of nitrogens with one attached hydrogen (secondary N) is 1. The molecule has 0 atom stereocenters. The fraction of sp³-hybridized carbons (Fsp3) is 0. The van der Waals surface area contributed by atoms with Gasteiger partial charge >= 0.3 is 0 Å². The Morgan fingerprint density at radius 1 is 0.905 bits per heavy atom. The lowest BCUT2D eigenvalue weighted by atomic mass is 10.0. The summed E-state index contributed by atoms with van der Waals surface area (Å²) in [5, 5.41) is 4.23. The normalized spacial score (nSPS) is 10.7. The second kappa shape index (κ2) is 5.35. The first-order valence-electron chi connectivity index (χ1n) is 6.42. The number of halogens is 1. The van der Waals surface area contributed by atoms with E-state index in [4.69, 9.17) is 0 Å². The van der Waals surface area contributed by atoms with Gasteiger partial charge in [0.2, 0.25) is 0 Å². The number of rotatable bonds is 1. The maximum absolute atomic E-state index is 12.2. The lowest BCUT2D eigenvalue weighted by Gasteiger charge is -2.03. The standard InChI is InChI=1S/C17H11NOS.ClH/c19-17-16-15(12-8-4-5-9-14(12)18-17)13(10-20-16)11-6-2-1-3-7-11;/h1-10H,(H,18,19);1H. The molecule has 21 heavy (non-hydrogen) atoms. The molecule has 0 fully saturated rings. The van der Waals surface area contributed by atoms with Gasteiger partial charge in [0.15, 0.2) is 0 Å². The molecule has 2 aromatic heterocycles. The highest BCUT2D eigenvalue weighted by Crippen LogP contribution is 2.35. The van der Waals surface area contributed by atoms with Gasteiger partial charge in [-0.2, -0.15) is 0 Å². The van der Waals surface area contributed by atoms with E-state index in [-0.39, 0.29) is 18.0 Å². The van der Waals surface area contributed by atoms with E-state index in [2.05, 4.69) is 28.6 Å². The fourth-order valence-corrected chi connectivity index (χ4v) is 3.60. The number of hydrogen-bond donors (Lipinski definition) is 1. The Morgan fingerprint density at radius 2 is 1.62 bits per heavy atom. The molecule has 0 amide bonds. The van der Waals surface area contributed by atoms with Crippen LogP contribution in [0.5, 0.6) is 0 Å². The molecule has 4 aromatic rings. The largest absolute Gasteiger partial charge is 0.321 e. The van der Waals surface area contributed by atoms with Crippen LogP contribution in [0.2, 0.25) is 0 Å². The van der Waals surface area contributed by atoms with Crippen molar-refractivity contribution in [2.45, 2.75) is 0 Å². The lowest BCUT2D eigenvalue weighted by Crippen LogP contribution is -2.04. The van der Waals surface area contributed by atoms with E-state index >= 15 is 0 Å². The Balaban J connectivity index is 0.00000132. The fourth-order valence-electron chi connectivity index (χ4n) is 2.61. The summed E-state index contributed by atoms with van der Waals surface area (Å²) in [7, 11) is 0. The Morgan fingerprint density at radius 3 is 2.43 bits per heavy atom. The van der Waals surface area contributed by atoms with Crippen molar-refractivity contribution in [3.8, 4) is 11.1 Å². The molecule has 0 saturated heterocycles. The summed E-state index contributed by atoms with van der Waals surface area (Å²) >= 11 is 1.51. The van der Waals surface area contributed by atoms with Crippen molar-refractivity contribution >= 4 is 44.7 Å². The molecule has 2 nitrogen and oxygen atoms in total. The second-order valence-corrected chi connectivity index (χ2v) is 5.60. The monoisotopic (exact) mass is 313 g/mol. The zero-order valence-electron chi connectivity index (χ0n) is 11.0. The Hall–Kier alpha value is -2.10. The van der Waals surface area contributed by atoms with E-state index in [0.717, 1.165) is 32.1 Å². The van der Waals surface area contributed by atoms with Crippen molar-refractivity contribution in [1.29, 1.82) is 0 Å². The number of aromatic nitrogens is 1. The van der Waals surface area contributed by atoms with Crippen LogP contribution in [0.15, 0.2) is 64.8 Å². The molecule has 2 aromatic carbocycles. The van der Waals surface area contributed by atoms with Crippen LogP contribution in [0, 0.1) is 0 Å². The van der Waals surface area contributed by atoms with Crippen LogP contribution in [0.4, 0.5) is 0 Å². The lowest BCUT2D eigenvalue weighted by molar-refractivity contribution is 1.36. The maximum atomic E-state index is 12.2. The smallest absolute Gasteiger partial charge is 0.266 e. The first-order chi connectivity index (χ1) is 9.84. The van der Waals surface area contributed by atoms with Gasteiger partial charge in [-0.05, 0) is 11.6 Å². The van der Waals surface area contributed by atoms with Gasteiger partial charge in [-0.15, -0.1) is 23.7 Å². The highest BCUT2D eigenvalue weighted by molar-refractivity contribution is 7.17. The zero-order valence-corrected chi connectivity index (χ0v) is 12.6. The minimum atomic E-state index is -0.00844. The minimum absolute atomic E-state index is 0. The van der Waals surface area contributed by atoms with Gasteiger partial charge in [-0.25, -0.2) is 0 Å². The Kier molecular flexibility index (Phi) is 3.53. The third-order valence-corrected chi connectivity index (χ3v) is 4.51. The van der Waals surface area contributed by atoms with Crippen molar-refractivity contribution < 1.29 is 0 Å². The van der Waals surface area contributed by atoms with Gasteiger partial charge in [0.1, 0.15) is 4.70 Å². The predicted octanol–water partition coefficient (Wildman–Crippen LogP) is 4.83. The molecule has 0 radical (unpaired) electrons. The molecular weight excluding hydrogens is 302 g/mol. The number of para-hydroxylation sites is 1. The van der Waals surface area contributed by atoms with Crippen molar-refractivity contribution in [3.63, 3.8) is 0 Å². The second-order valence-electron chi connectivity index (χ2n) is 4.72. The third-order valence-electron chi connectivity index (χ3n) is 3.53. The summed E-state index contributed by atoms with van der Waals surface area (Å²) in [6.07, 6.45) is 0. The van der Waals surface area contributed by atoms with E-state index in [0.29, 0.717) is 0 Å². The van der Waals surface area contributed by atoms with Crippen LogP contribution in [-0.2, 0) is 0 Å². The number of pyridine rings is 1. The molecule has 0 aliphatic carbocycles. The molecule has 2 heterocycles. The van der Waals surface area contributed by atoms with Gasteiger partial charge in [-0.3, -0.25) is 4.79 Å². The summed E-state index contributed by atoms with van der Waals surface area (Å²) in [5.74, 6) is 0. The van der Waals surface area contributed by atoms with Crippen LogP contribution < -0.4 is 5.56 Å². The van der Waals surface area contributed by atoms with Crippen LogP contribution in [-0.4, -0.2) is 4.98 Å². The van der Waals surface area contributed by atoms with E-state index in [1.165, 1.54) is 11.3 Å². The van der Waals surface area contributed by atoms with E-state index < -0.39 is 0 Å². The number of hydrogen-bond acceptors (Lipinski definition) is 2. The molecule has 0 aliphatic heterocycles. The number of H-pyrrole nitrogens is 1. The number of thiophene rings is 1. The highest BCUT2D eigenvalue weighted by atomic mass is 35.5. The number of aromatic amines is 1. The molecule has 104 valence electrons. The molecular formula is C17H12ClNOS. The summed E-state index contributed by atoms with van der Waals surface area (Å²) in [4.78, 5) is 15.1. The van der Waals surface area contributed by atoms with Gasteiger partial charge in [0.25, 0.3) is 5.56 Å². The van der Waals surface area contributed by atoms with Crippen LogP contribution in [0.3, 0.4) is 0 Å². The summed E-state index contributed by atoms with van der Waals surface area (Å²) in [6, 6.07) is 18.2. The Bertz CT molecular complexity index is 972. The number of fused-ring (bicyclic) bond motifs is 3. The predicted molar refractivity (Wildman–Crippen MR) is 92.6 cm³/mol. The summed E-state index contributed by atoms with van der Waals surface area (Å²) in [5.41, 5.74) is 3.16. The first kappa shape index (κ1) is 13.9.